The largest absolute Gasteiger partial charge is 0.299 e. The molecule has 0 saturated heterocycles. The van der Waals surface area contributed by atoms with E-state index in [4.69, 9.17) is 0 Å². The fraction of sp³-hybridized carbons (Fsp3) is 0.375. The standard InChI is InChI=1S/C16H20O2/c1-3-8-15(17)14(4-2)16(18)12-11-13-9-6-5-7-10-13/h5-7,9-12,14H,3-4,8H2,1-2H3/b12-11+. The summed E-state index contributed by atoms with van der Waals surface area (Å²) in [6.07, 6.45) is 5.16. The van der Waals surface area contributed by atoms with Crippen molar-refractivity contribution in [2.45, 2.75) is 33.1 Å². The SMILES string of the molecule is CCCC(=O)C(CC)C(=O)/C=C/c1ccccc1. The summed E-state index contributed by atoms with van der Waals surface area (Å²) in [5.41, 5.74) is 0.976. The van der Waals surface area contributed by atoms with E-state index in [1.54, 1.807) is 6.08 Å². The van der Waals surface area contributed by atoms with Crippen LogP contribution < -0.4 is 0 Å². The zero-order valence-corrected chi connectivity index (χ0v) is 11.1. The number of carbonyl (C=O) groups excluding carboxylic acids is 2. The molecule has 0 amide bonds. The van der Waals surface area contributed by atoms with Crippen molar-refractivity contribution in [3.05, 3.63) is 42.0 Å². The molecule has 1 rings (SSSR count). The average molecular weight is 244 g/mol. The van der Waals surface area contributed by atoms with Gasteiger partial charge in [0.15, 0.2) is 5.78 Å². The molecule has 1 atom stereocenters. The quantitative estimate of drug-likeness (QED) is 0.542. The molecule has 1 aromatic carbocycles. The second-order valence-corrected chi connectivity index (χ2v) is 4.32. The van der Waals surface area contributed by atoms with Crippen LogP contribution in [0.2, 0.25) is 0 Å². The average Bonchev–Trinajstić information content (AvgIpc) is 2.39. The van der Waals surface area contributed by atoms with Crippen molar-refractivity contribution in [2.75, 3.05) is 0 Å². The maximum atomic E-state index is 12.0. The van der Waals surface area contributed by atoms with Crippen molar-refractivity contribution < 1.29 is 9.59 Å². The molecule has 0 heterocycles. The van der Waals surface area contributed by atoms with Crippen LogP contribution in [-0.2, 0) is 9.59 Å². The molecule has 1 unspecified atom stereocenters. The Morgan fingerprint density at radius 2 is 1.83 bits per heavy atom. The van der Waals surface area contributed by atoms with Gasteiger partial charge in [-0.2, -0.15) is 0 Å². The summed E-state index contributed by atoms with van der Waals surface area (Å²) in [6.45, 7) is 3.83. The Bertz CT molecular complexity index is 418. The third-order valence-electron chi connectivity index (χ3n) is 2.88. The van der Waals surface area contributed by atoms with E-state index in [9.17, 15) is 9.59 Å². The molecule has 0 bridgehead atoms. The monoisotopic (exact) mass is 244 g/mol. The number of benzene rings is 1. The van der Waals surface area contributed by atoms with Crippen molar-refractivity contribution in [1.82, 2.24) is 0 Å². The van der Waals surface area contributed by atoms with Gasteiger partial charge in [0.05, 0.1) is 5.92 Å². The minimum Gasteiger partial charge on any atom is -0.299 e. The third kappa shape index (κ3) is 4.28. The zero-order valence-electron chi connectivity index (χ0n) is 11.1. The molecular formula is C16H20O2. The van der Waals surface area contributed by atoms with Gasteiger partial charge in [0.1, 0.15) is 5.78 Å². The number of hydrogen-bond donors (Lipinski definition) is 0. The Morgan fingerprint density at radius 1 is 1.17 bits per heavy atom. The molecule has 18 heavy (non-hydrogen) atoms. The highest BCUT2D eigenvalue weighted by Gasteiger charge is 2.21. The summed E-state index contributed by atoms with van der Waals surface area (Å²) in [4.78, 5) is 23.7. The Kier molecular flexibility index (Phi) is 6.06. The van der Waals surface area contributed by atoms with Gasteiger partial charge >= 0.3 is 0 Å². The van der Waals surface area contributed by atoms with Gasteiger partial charge in [0, 0.05) is 6.42 Å². The molecule has 0 aliphatic heterocycles. The molecule has 2 nitrogen and oxygen atoms in total. The molecule has 0 saturated carbocycles. The first-order chi connectivity index (χ1) is 8.69. The summed E-state index contributed by atoms with van der Waals surface area (Å²) in [6, 6.07) is 9.63. The lowest BCUT2D eigenvalue weighted by atomic mass is 9.93. The van der Waals surface area contributed by atoms with Crippen LogP contribution in [0, 0.1) is 5.92 Å². The molecule has 1 aromatic rings. The fourth-order valence-electron chi connectivity index (χ4n) is 1.87. The van der Waals surface area contributed by atoms with Gasteiger partial charge in [-0.15, -0.1) is 0 Å². The lowest BCUT2D eigenvalue weighted by Crippen LogP contribution is -2.21. The molecule has 0 aliphatic carbocycles. The molecule has 0 radical (unpaired) electrons. The molecule has 0 fully saturated rings. The van der Waals surface area contributed by atoms with E-state index in [-0.39, 0.29) is 11.6 Å². The second-order valence-electron chi connectivity index (χ2n) is 4.32. The Balaban J connectivity index is 2.68. The Hall–Kier alpha value is -1.70. The van der Waals surface area contributed by atoms with E-state index < -0.39 is 5.92 Å². The number of carbonyl (C=O) groups is 2. The zero-order chi connectivity index (χ0) is 13.4. The molecule has 0 N–H and O–H groups in total. The number of hydrogen-bond acceptors (Lipinski definition) is 2. The van der Waals surface area contributed by atoms with Crippen LogP contribution in [0.4, 0.5) is 0 Å². The molecule has 96 valence electrons. The number of Topliss-reactive ketones (excluding diaryl/α,β-unsaturated/α-hetero) is 1. The number of rotatable bonds is 7. The smallest absolute Gasteiger partial charge is 0.166 e. The summed E-state index contributed by atoms with van der Waals surface area (Å²) in [7, 11) is 0. The fourth-order valence-corrected chi connectivity index (χ4v) is 1.87. The highest BCUT2D eigenvalue weighted by atomic mass is 16.1. The van der Waals surface area contributed by atoms with Crippen LogP contribution in [0.15, 0.2) is 36.4 Å². The predicted molar refractivity (Wildman–Crippen MR) is 74.2 cm³/mol. The van der Waals surface area contributed by atoms with Crippen LogP contribution in [-0.4, -0.2) is 11.6 Å². The van der Waals surface area contributed by atoms with Crippen molar-refractivity contribution in [3.63, 3.8) is 0 Å². The van der Waals surface area contributed by atoms with Crippen LogP contribution in [0.1, 0.15) is 38.7 Å². The third-order valence-corrected chi connectivity index (χ3v) is 2.88. The highest BCUT2D eigenvalue weighted by Crippen LogP contribution is 2.12. The van der Waals surface area contributed by atoms with E-state index in [2.05, 4.69) is 0 Å². The summed E-state index contributed by atoms with van der Waals surface area (Å²) in [5, 5.41) is 0. The van der Waals surface area contributed by atoms with Gasteiger partial charge in [-0.05, 0) is 24.5 Å². The molecular weight excluding hydrogens is 224 g/mol. The molecule has 2 heteroatoms. The summed E-state index contributed by atoms with van der Waals surface area (Å²) < 4.78 is 0. The topological polar surface area (TPSA) is 34.1 Å². The van der Waals surface area contributed by atoms with Crippen molar-refractivity contribution in [3.8, 4) is 0 Å². The van der Waals surface area contributed by atoms with Gasteiger partial charge < -0.3 is 0 Å². The summed E-state index contributed by atoms with van der Waals surface area (Å²) >= 11 is 0. The van der Waals surface area contributed by atoms with Crippen LogP contribution in [0.25, 0.3) is 6.08 Å². The number of allylic oxidation sites excluding steroid dienone is 1. The first kappa shape index (κ1) is 14.4. The maximum Gasteiger partial charge on any atom is 0.166 e. The normalized spacial score (nSPS) is 12.6. The number of ketones is 2. The van der Waals surface area contributed by atoms with Crippen LogP contribution >= 0.6 is 0 Å². The molecule has 0 aromatic heterocycles. The Morgan fingerprint density at radius 3 is 2.39 bits per heavy atom. The van der Waals surface area contributed by atoms with E-state index in [0.717, 1.165) is 12.0 Å². The maximum absolute atomic E-state index is 12.0. The van der Waals surface area contributed by atoms with Crippen molar-refractivity contribution >= 4 is 17.6 Å². The first-order valence-electron chi connectivity index (χ1n) is 6.48. The van der Waals surface area contributed by atoms with Gasteiger partial charge in [0.2, 0.25) is 0 Å². The van der Waals surface area contributed by atoms with E-state index in [0.29, 0.717) is 12.8 Å². The Labute approximate surface area is 109 Å². The lowest BCUT2D eigenvalue weighted by Gasteiger charge is -2.09. The van der Waals surface area contributed by atoms with Crippen molar-refractivity contribution in [2.24, 2.45) is 5.92 Å². The minimum absolute atomic E-state index is 0.0581. The van der Waals surface area contributed by atoms with Crippen molar-refractivity contribution in [1.29, 1.82) is 0 Å². The van der Waals surface area contributed by atoms with Gasteiger partial charge in [-0.25, -0.2) is 0 Å². The van der Waals surface area contributed by atoms with E-state index in [1.807, 2.05) is 44.2 Å². The van der Waals surface area contributed by atoms with E-state index >= 15 is 0 Å². The minimum atomic E-state index is -0.468. The first-order valence-corrected chi connectivity index (χ1v) is 6.48. The molecule has 0 aliphatic rings. The van der Waals surface area contributed by atoms with Gasteiger partial charge in [0.25, 0.3) is 0 Å². The predicted octanol–water partition coefficient (Wildman–Crippen LogP) is 3.66. The van der Waals surface area contributed by atoms with Gasteiger partial charge in [-0.1, -0.05) is 50.3 Å². The van der Waals surface area contributed by atoms with Gasteiger partial charge in [-0.3, -0.25) is 9.59 Å². The van der Waals surface area contributed by atoms with Crippen LogP contribution in [0.3, 0.4) is 0 Å². The second kappa shape index (κ2) is 7.59. The van der Waals surface area contributed by atoms with E-state index in [1.165, 1.54) is 6.08 Å². The van der Waals surface area contributed by atoms with Crippen LogP contribution in [0.5, 0.6) is 0 Å². The lowest BCUT2D eigenvalue weighted by molar-refractivity contribution is -0.130. The summed E-state index contributed by atoms with van der Waals surface area (Å²) in [5.74, 6) is -0.493. The highest BCUT2D eigenvalue weighted by molar-refractivity contribution is 6.08. The molecule has 0 spiro atoms.